The van der Waals surface area contributed by atoms with Gasteiger partial charge in [-0.05, 0) is 20.0 Å². The highest BCUT2D eigenvalue weighted by molar-refractivity contribution is 5.92. The third-order valence-corrected chi connectivity index (χ3v) is 2.81. The van der Waals surface area contributed by atoms with Gasteiger partial charge < -0.3 is 16.0 Å². The van der Waals surface area contributed by atoms with Crippen molar-refractivity contribution in [3.8, 4) is 0 Å². The number of para-hydroxylation sites is 1. The van der Waals surface area contributed by atoms with E-state index < -0.39 is 6.04 Å². The molecule has 4 N–H and O–H groups in total. The van der Waals surface area contributed by atoms with Crippen LogP contribution in [0.2, 0.25) is 0 Å². The average Bonchev–Trinajstić information content (AvgIpc) is 2.57. The van der Waals surface area contributed by atoms with E-state index in [1.54, 1.807) is 7.05 Å². The van der Waals surface area contributed by atoms with Crippen LogP contribution >= 0.6 is 0 Å². The van der Waals surface area contributed by atoms with Crippen LogP contribution in [0.5, 0.6) is 0 Å². The Morgan fingerprint density at radius 1 is 1.44 bits per heavy atom. The summed E-state index contributed by atoms with van der Waals surface area (Å²) in [7, 11) is 1.73. The summed E-state index contributed by atoms with van der Waals surface area (Å²) < 4.78 is 0. The second kappa shape index (κ2) is 3.98. The number of primary amides is 1. The van der Waals surface area contributed by atoms with Crippen LogP contribution < -0.4 is 11.1 Å². The summed E-state index contributed by atoms with van der Waals surface area (Å²) in [5.74, 6) is -0.365. The number of hydrogen-bond acceptors (Lipinski definition) is 2. The Hall–Kier alpha value is -1.81. The van der Waals surface area contributed by atoms with Crippen molar-refractivity contribution in [3.63, 3.8) is 0 Å². The number of nitrogens with one attached hydrogen (secondary N) is 2. The van der Waals surface area contributed by atoms with Gasteiger partial charge in [-0.25, -0.2) is 0 Å². The molecule has 1 heterocycles. The first-order valence-corrected chi connectivity index (χ1v) is 5.19. The van der Waals surface area contributed by atoms with E-state index in [1.165, 1.54) is 0 Å². The van der Waals surface area contributed by atoms with Gasteiger partial charge >= 0.3 is 0 Å². The Balaban J connectivity index is 2.66. The number of aryl methyl sites for hydroxylation is 1. The Kier molecular flexibility index (Phi) is 2.66. The van der Waals surface area contributed by atoms with E-state index in [2.05, 4.69) is 10.3 Å². The molecule has 0 aliphatic rings. The van der Waals surface area contributed by atoms with E-state index in [0.717, 1.165) is 22.2 Å². The number of carbonyl (C=O) groups is 1. The van der Waals surface area contributed by atoms with Crippen LogP contribution in [0.3, 0.4) is 0 Å². The average molecular weight is 217 g/mol. The third kappa shape index (κ3) is 1.57. The monoisotopic (exact) mass is 217 g/mol. The van der Waals surface area contributed by atoms with Gasteiger partial charge in [-0.15, -0.1) is 0 Å². The summed E-state index contributed by atoms with van der Waals surface area (Å²) in [6.07, 6.45) is 0. The van der Waals surface area contributed by atoms with E-state index in [9.17, 15) is 4.79 Å². The minimum absolute atomic E-state index is 0.365. The molecule has 84 valence electrons. The highest BCUT2D eigenvalue weighted by Crippen LogP contribution is 2.27. The molecule has 0 aliphatic heterocycles. The number of nitrogens with two attached hydrogens (primary N) is 1. The predicted octanol–water partition coefficient (Wildman–Crippen LogP) is 1.22. The first-order chi connectivity index (χ1) is 7.65. The normalized spacial score (nSPS) is 12.9. The molecule has 0 fully saturated rings. The Bertz CT molecular complexity index is 530. The molecule has 4 nitrogen and oxygen atoms in total. The summed E-state index contributed by atoms with van der Waals surface area (Å²) in [6, 6.07) is 7.44. The second-order valence-corrected chi connectivity index (χ2v) is 3.83. The van der Waals surface area contributed by atoms with Gasteiger partial charge in [0.05, 0.1) is 0 Å². The molecule has 0 radical (unpaired) electrons. The summed E-state index contributed by atoms with van der Waals surface area (Å²) in [5.41, 5.74) is 8.31. The first kappa shape index (κ1) is 10.7. The summed E-state index contributed by atoms with van der Waals surface area (Å²) in [6.45, 7) is 1.95. The quantitative estimate of drug-likeness (QED) is 0.723. The van der Waals surface area contributed by atoms with Gasteiger partial charge in [0.25, 0.3) is 0 Å². The lowest BCUT2D eigenvalue weighted by Crippen LogP contribution is -2.31. The van der Waals surface area contributed by atoms with Crippen LogP contribution in [-0.2, 0) is 4.79 Å². The van der Waals surface area contributed by atoms with Crippen LogP contribution in [0.25, 0.3) is 10.9 Å². The van der Waals surface area contributed by atoms with Crippen molar-refractivity contribution >= 4 is 16.8 Å². The van der Waals surface area contributed by atoms with Crippen LogP contribution in [0.4, 0.5) is 0 Å². The molecule has 1 unspecified atom stereocenters. The highest BCUT2D eigenvalue weighted by Gasteiger charge is 2.21. The van der Waals surface area contributed by atoms with Gasteiger partial charge in [0.15, 0.2) is 0 Å². The minimum atomic E-state index is -0.448. The van der Waals surface area contributed by atoms with Crippen LogP contribution in [0.15, 0.2) is 24.3 Å². The Labute approximate surface area is 93.8 Å². The number of carbonyl (C=O) groups excluding carboxylic acids is 1. The maximum atomic E-state index is 11.4. The Morgan fingerprint density at radius 2 is 2.12 bits per heavy atom. The maximum Gasteiger partial charge on any atom is 0.239 e. The number of fused-ring (bicyclic) bond motifs is 1. The van der Waals surface area contributed by atoms with Gasteiger partial charge in [0.2, 0.25) is 5.91 Å². The van der Waals surface area contributed by atoms with Gasteiger partial charge in [-0.3, -0.25) is 4.79 Å². The number of likely N-dealkylation sites (N-methyl/N-ethyl adjacent to an activating group) is 1. The molecule has 4 heteroatoms. The molecule has 1 aromatic heterocycles. The molecule has 1 atom stereocenters. The number of aromatic amines is 1. The largest absolute Gasteiger partial charge is 0.368 e. The lowest BCUT2D eigenvalue weighted by Gasteiger charge is -2.12. The maximum absolute atomic E-state index is 11.4. The molecular weight excluding hydrogens is 202 g/mol. The molecular formula is C12H15N3O. The van der Waals surface area contributed by atoms with Crippen molar-refractivity contribution in [2.75, 3.05) is 7.05 Å². The molecule has 1 aromatic carbocycles. The Morgan fingerprint density at radius 3 is 2.75 bits per heavy atom. The second-order valence-electron chi connectivity index (χ2n) is 3.83. The molecule has 16 heavy (non-hydrogen) atoms. The van der Waals surface area contributed by atoms with Crippen LogP contribution in [-0.4, -0.2) is 17.9 Å². The van der Waals surface area contributed by atoms with Crippen molar-refractivity contribution in [3.05, 3.63) is 35.5 Å². The summed E-state index contributed by atoms with van der Waals surface area (Å²) in [4.78, 5) is 14.6. The molecule has 1 amide bonds. The minimum Gasteiger partial charge on any atom is -0.368 e. The number of H-pyrrole nitrogens is 1. The molecule has 0 spiro atoms. The number of aromatic nitrogens is 1. The van der Waals surface area contributed by atoms with Gasteiger partial charge in [-0.1, -0.05) is 18.2 Å². The third-order valence-electron chi connectivity index (χ3n) is 2.81. The van der Waals surface area contributed by atoms with Gasteiger partial charge in [0.1, 0.15) is 6.04 Å². The van der Waals surface area contributed by atoms with E-state index >= 15 is 0 Å². The van der Waals surface area contributed by atoms with E-state index in [4.69, 9.17) is 5.73 Å². The molecule has 2 aromatic rings. The lowest BCUT2D eigenvalue weighted by atomic mass is 10.0. The van der Waals surface area contributed by atoms with Crippen molar-refractivity contribution in [1.29, 1.82) is 0 Å². The molecule has 0 aliphatic carbocycles. The van der Waals surface area contributed by atoms with Crippen molar-refractivity contribution < 1.29 is 4.79 Å². The molecule has 0 saturated heterocycles. The number of benzene rings is 1. The zero-order valence-corrected chi connectivity index (χ0v) is 9.37. The van der Waals surface area contributed by atoms with Crippen molar-refractivity contribution in [2.24, 2.45) is 5.73 Å². The fourth-order valence-corrected chi connectivity index (χ4v) is 2.10. The van der Waals surface area contributed by atoms with Crippen LogP contribution in [0, 0.1) is 6.92 Å². The number of amides is 1. The van der Waals surface area contributed by atoms with Crippen LogP contribution in [0.1, 0.15) is 17.3 Å². The molecule has 0 bridgehead atoms. The van der Waals surface area contributed by atoms with Crippen molar-refractivity contribution in [2.45, 2.75) is 13.0 Å². The topological polar surface area (TPSA) is 70.9 Å². The molecule has 2 rings (SSSR count). The van der Waals surface area contributed by atoms with Gasteiger partial charge in [0, 0.05) is 22.2 Å². The smallest absolute Gasteiger partial charge is 0.239 e. The zero-order chi connectivity index (χ0) is 11.7. The van der Waals surface area contributed by atoms with E-state index in [1.807, 2.05) is 31.2 Å². The standard InChI is InChI=1S/C12H15N3O/c1-7-10(11(14-2)12(13)16)8-5-3-4-6-9(8)15-7/h3-6,11,14-15H,1-2H3,(H2,13,16). The predicted molar refractivity (Wildman–Crippen MR) is 64.0 cm³/mol. The van der Waals surface area contributed by atoms with Crippen molar-refractivity contribution in [1.82, 2.24) is 10.3 Å². The number of rotatable bonds is 3. The van der Waals surface area contributed by atoms with E-state index in [-0.39, 0.29) is 5.91 Å². The summed E-state index contributed by atoms with van der Waals surface area (Å²) >= 11 is 0. The SMILES string of the molecule is CNC(C(N)=O)c1c(C)[nH]c2ccccc12. The molecule has 0 saturated carbocycles. The highest BCUT2D eigenvalue weighted by atomic mass is 16.1. The van der Waals surface area contributed by atoms with E-state index in [0.29, 0.717) is 0 Å². The fourth-order valence-electron chi connectivity index (χ4n) is 2.10. The summed E-state index contributed by atoms with van der Waals surface area (Å²) in [5, 5.41) is 3.98. The zero-order valence-electron chi connectivity index (χ0n) is 9.37. The van der Waals surface area contributed by atoms with Gasteiger partial charge in [-0.2, -0.15) is 0 Å². The number of hydrogen-bond donors (Lipinski definition) is 3. The first-order valence-electron chi connectivity index (χ1n) is 5.19. The lowest BCUT2D eigenvalue weighted by molar-refractivity contribution is -0.120. The fraction of sp³-hybridized carbons (Fsp3) is 0.250.